The molecule has 1 aromatic rings. The first-order valence-electron chi connectivity index (χ1n) is 5.97. The smallest absolute Gasteiger partial charge is 0.244 e. The van der Waals surface area contributed by atoms with Gasteiger partial charge in [-0.1, -0.05) is 13.3 Å². The third-order valence-corrected chi connectivity index (χ3v) is 4.42. The van der Waals surface area contributed by atoms with Gasteiger partial charge in [0.25, 0.3) is 0 Å². The number of sulfonamides is 1. The summed E-state index contributed by atoms with van der Waals surface area (Å²) in [5, 5.41) is 4.05. The van der Waals surface area contributed by atoms with Crippen molar-refractivity contribution in [3.8, 4) is 0 Å². The Morgan fingerprint density at radius 1 is 1.47 bits per heavy atom. The number of hydrogen-bond donors (Lipinski definition) is 1. The average molecular weight is 259 g/mol. The molecule has 6 heteroatoms. The topological polar surface area (TPSA) is 64.0 Å². The summed E-state index contributed by atoms with van der Waals surface area (Å²) in [5.41, 5.74) is 0.684. The number of rotatable bonds is 6. The molecule has 0 aliphatic heterocycles. The molecule has 0 radical (unpaired) electrons. The third kappa shape index (κ3) is 3.29. The summed E-state index contributed by atoms with van der Waals surface area (Å²) >= 11 is 0. The standard InChI is InChI=1S/C11H21N3O2S/c1-5-7-9(3)13-17(15,16)11-8-12-14(6-2)10(11)4/h8-9,13H,5-7H2,1-4H3. The van der Waals surface area contributed by atoms with Gasteiger partial charge in [0.05, 0.1) is 11.9 Å². The molecule has 0 saturated heterocycles. The van der Waals surface area contributed by atoms with E-state index in [0.29, 0.717) is 12.2 Å². The van der Waals surface area contributed by atoms with Gasteiger partial charge in [-0.2, -0.15) is 5.10 Å². The van der Waals surface area contributed by atoms with E-state index < -0.39 is 10.0 Å². The highest BCUT2D eigenvalue weighted by Crippen LogP contribution is 2.15. The average Bonchev–Trinajstić information content (AvgIpc) is 2.59. The number of hydrogen-bond acceptors (Lipinski definition) is 3. The molecular formula is C11H21N3O2S. The van der Waals surface area contributed by atoms with E-state index >= 15 is 0 Å². The summed E-state index contributed by atoms with van der Waals surface area (Å²) in [5.74, 6) is 0. The number of nitrogens with zero attached hydrogens (tertiary/aromatic N) is 2. The molecule has 0 saturated carbocycles. The zero-order chi connectivity index (χ0) is 13.1. The predicted octanol–water partition coefficient (Wildman–Crippen LogP) is 1.68. The minimum Gasteiger partial charge on any atom is -0.269 e. The first-order valence-corrected chi connectivity index (χ1v) is 7.45. The van der Waals surface area contributed by atoms with Crippen LogP contribution in [-0.2, 0) is 16.6 Å². The molecule has 1 aromatic heterocycles. The Hall–Kier alpha value is -0.880. The molecule has 0 spiro atoms. The zero-order valence-electron chi connectivity index (χ0n) is 10.9. The molecular weight excluding hydrogens is 238 g/mol. The number of aryl methyl sites for hydroxylation is 1. The van der Waals surface area contributed by atoms with E-state index in [1.54, 1.807) is 11.6 Å². The van der Waals surface area contributed by atoms with Crippen LogP contribution in [0.4, 0.5) is 0 Å². The first-order chi connectivity index (χ1) is 7.92. The lowest BCUT2D eigenvalue weighted by atomic mass is 10.2. The Morgan fingerprint density at radius 3 is 2.59 bits per heavy atom. The van der Waals surface area contributed by atoms with Crippen molar-refractivity contribution in [2.75, 3.05) is 0 Å². The Labute approximate surface area is 103 Å². The maximum atomic E-state index is 12.1. The molecule has 98 valence electrons. The molecule has 0 amide bonds. The van der Waals surface area contributed by atoms with Gasteiger partial charge in [-0.05, 0) is 27.2 Å². The molecule has 0 bridgehead atoms. The second-order valence-corrected chi connectivity index (χ2v) is 5.90. The Kier molecular flexibility index (Phi) is 4.70. The summed E-state index contributed by atoms with van der Waals surface area (Å²) < 4.78 is 28.6. The summed E-state index contributed by atoms with van der Waals surface area (Å²) in [6.07, 6.45) is 3.21. The van der Waals surface area contributed by atoms with Gasteiger partial charge in [0.1, 0.15) is 4.90 Å². The fraction of sp³-hybridized carbons (Fsp3) is 0.727. The van der Waals surface area contributed by atoms with Crippen molar-refractivity contribution in [1.29, 1.82) is 0 Å². The predicted molar refractivity (Wildman–Crippen MR) is 67.3 cm³/mol. The number of nitrogens with one attached hydrogen (secondary N) is 1. The first kappa shape index (κ1) is 14.2. The highest BCUT2D eigenvalue weighted by atomic mass is 32.2. The number of aromatic nitrogens is 2. The lowest BCUT2D eigenvalue weighted by Crippen LogP contribution is -2.32. The van der Waals surface area contributed by atoms with Gasteiger partial charge >= 0.3 is 0 Å². The molecule has 0 aliphatic rings. The molecule has 5 nitrogen and oxygen atoms in total. The van der Waals surface area contributed by atoms with Crippen LogP contribution in [0.1, 0.15) is 39.3 Å². The van der Waals surface area contributed by atoms with Gasteiger partial charge in [0.2, 0.25) is 10.0 Å². The van der Waals surface area contributed by atoms with Crippen LogP contribution < -0.4 is 4.72 Å². The van der Waals surface area contributed by atoms with Gasteiger partial charge in [0.15, 0.2) is 0 Å². The molecule has 1 heterocycles. The lowest BCUT2D eigenvalue weighted by Gasteiger charge is -2.12. The highest BCUT2D eigenvalue weighted by molar-refractivity contribution is 7.89. The SMILES string of the molecule is CCCC(C)NS(=O)(=O)c1cnn(CC)c1C. The van der Waals surface area contributed by atoms with E-state index in [2.05, 4.69) is 9.82 Å². The molecule has 17 heavy (non-hydrogen) atoms. The van der Waals surface area contributed by atoms with Crippen molar-refractivity contribution in [2.24, 2.45) is 0 Å². The van der Waals surface area contributed by atoms with E-state index in [1.807, 2.05) is 20.8 Å². The second-order valence-electron chi connectivity index (χ2n) is 4.22. The van der Waals surface area contributed by atoms with Crippen molar-refractivity contribution < 1.29 is 8.42 Å². The van der Waals surface area contributed by atoms with Crippen LogP contribution in [-0.4, -0.2) is 24.2 Å². The van der Waals surface area contributed by atoms with Gasteiger partial charge in [-0.3, -0.25) is 4.68 Å². The van der Waals surface area contributed by atoms with Crippen LogP contribution >= 0.6 is 0 Å². The van der Waals surface area contributed by atoms with Crippen LogP contribution in [0.5, 0.6) is 0 Å². The Bertz CT molecular complexity index is 465. The van der Waals surface area contributed by atoms with Gasteiger partial charge in [-0.15, -0.1) is 0 Å². The quantitative estimate of drug-likeness (QED) is 0.845. The van der Waals surface area contributed by atoms with E-state index in [-0.39, 0.29) is 10.9 Å². The second kappa shape index (κ2) is 5.64. The van der Waals surface area contributed by atoms with Gasteiger partial charge in [-0.25, -0.2) is 13.1 Å². The lowest BCUT2D eigenvalue weighted by molar-refractivity contribution is 0.542. The zero-order valence-corrected chi connectivity index (χ0v) is 11.7. The van der Waals surface area contributed by atoms with Crippen LogP contribution in [0.15, 0.2) is 11.1 Å². The molecule has 1 unspecified atom stereocenters. The summed E-state index contributed by atoms with van der Waals surface area (Å²) in [6, 6.07) is -0.0469. The molecule has 1 atom stereocenters. The Morgan fingerprint density at radius 2 is 2.12 bits per heavy atom. The van der Waals surface area contributed by atoms with Gasteiger partial charge < -0.3 is 0 Å². The van der Waals surface area contributed by atoms with E-state index in [9.17, 15) is 8.42 Å². The fourth-order valence-corrected chi connectivity index (χ4v) is 3.29. The maximum absolute atomic E-state index is 12.1. The minimum absolute atomic E-state index is 0.0469. The normalized spacial score (nSPS) is 13.9. The molecule has 0 fully saturated rings. The molecule has 1 N–H and O–H groups in total. The summed E-state index contributed by atoms with van der Waals surface area (Å²) in [4.78, 5) is 0.280. The van der Waals surface area contributed by atoms with Crippen molar-refractivity contribution >= 4 is 10.0 Å². The molecule has 1 rings (SSSR count). The van der Waals surface area contributed by atoms with Crippen LogP contribution in [0, 0.1) is 6.92 Å². The molecule has 0 aromatic carbocycles. The van der Waals surface area contributed by atoms with Crippen LogP contribution in [0.3, 0.4) is 0 Å². The summed E-state index contributed by atoms with van der Waals surface area (Å²) in [6.45, 7) is 8.29. The molecule has 0 aliphatic carbocycles. The van der Waals surface area contributed by atoms with Crippen LogP contribution in [0.25, 0.3) is 0 Å². The Balaban J connectivity index is 2.93. The monoisotopic (exact) mass is 259 g/mol. The third-order valence-electron chi connectivity index (χ3n) is 2.73. The van der Waals surface area contributed by atoms with Crippen LogP contribution in [0.2, 0.25) is 0 Å². The minimum atomic E-state index is -3.43. The fourth-order valence-electron chi connectivity index (χ4n) is 1.83. The van der Waals surface area contributed by atoms with E-state index in [1.165, 1.54) is 6.20 Å². The van der Waals surface area contributed by atoms with Crippen molar-refractivity contribution in [2.45, 2.75) is 58.0 Å². The summed E-state index contributed by atoms with van der Waals surface area (Å²) in [7, 11) is -3.43. The van der Waals surface area contributed by atoms with Gasteiger partial charge in [0, 0.05) is 12.6 Å². The highest BCUT2D eigenvalue weighted by Gasteiger charge is 2.22. The largest absolute Gasteiger partial charge is 0.269 e. The van der Waals surface area contributed by atoms with E-state index in [4.69, 9.17) is 0 Å². The van der Waals surface area contributed by atoms with Crippen molar-refractivity contribution in [3.63, 3.8) is 0 Å². The van der Waals surface area contributed by atoms with E-state index in [0.717, 1.165) is 12.8 Å². The van der Waals surface area contributed by atoms with Crippen molar-refractivity contribution in [3.05, 3.63) is 11.9 Å². The van der Waals surface area contributed by atoms with Crippen molar-refractivity contribution in [1.82, 2.24) is 14.5 Å². The maximum Gasteiger partial charge on any atom is 0.244 e.